The van der Waals surface area contributed by atoms with Gasteiger partial charge in [0.05, 0.1) is 28.3 Å². The van der Waals surface area contributed by atoms with Crippen LogP contribution < -0.4 is 21.2 Å². The third-order valence-electron chi connectivity index (χ3n) is 11.8. The van der Waals surface area contributed by atoms with E-state index in [0.29, 0.717) is 29.6 Å². The van der Waals surface area contributed by atoms with E-state index in [1.165, 1.54) is 10.6 Å². The first-order chi connectivity index (χ1) is 26.8. The number of aryl methyl sites for hydroxylation is 1. The number of pyridine rings is 1. The number of piperidine rings is 2. The molecule has 0 spiro atoms. The molecule has 3 fully saturated rings. The molecule has 2 aliphatic heterocycles. The highest BCUT2D eigenvalue weighted by atomic mass is 19.4. The second-order valence-electron chi connectivity index (χ2n) is 15.4. The number of aromatic nitrogens is 5. The predicted molar refractivity (Wildman–Crippen MR) is 204 cm³/mol. The zero-order chi connectivity index (χ0) is 39.3. The number of imidazole rings is 1. The molecule has 1 unspecified atom stereocenters. The monoisotopic (exact) mass is 771 g/mol. The minimum absolute atomic E-state index is 0.201. The third-order valence-corrected chi connectivity index (χ3v) is 11.8. The molecular formula is C40H44F3N9O4. The van der Waals surface area contributed by atoms with Crippen molar-refractivity contribution in [2.75, 3.05) is 36.9 Å². The lowest BCUT2D eigenvalue weighted by Crippen LogP contribution is -2.45. The summed E-state index contributed by atoms with van der Waals surface area (Å²) < 4.78 is 44.4. The van der Waals surface area contributed by atoms with Gasteiger partial charge in [0, 0.05) is 56.4 Å². The fraction of sp³-hybridized carbons (Fsp3) is 0.450. The van der Waals surface area contributed by atoms with Crippen LogP contribution >= 0.6 is 0 Å². The minimum Gasteiger partial charge on any atom is -0.370 e. The van der Waals surface area contributed by atoms with E-state index in [2.05, 4.69) is 32.5 Å². The molecule has 0 bridgehead atoms. The molecule has 3 amide bonds. The molecule has 2 aromatic carbocycles. The second kappa shape index (κ2) is 14.9. The van der Waals surface area contributed by atoms with Crippen molar-refractivity contribution in [1.29, 1.82) is 0 Å². The Bertz CT molecular complexity index is 2370. The Morgan fingerprint density at radius 2 is 1.71 bits per heavy atom. The van der Waals surface area contributed by atoms with Crippen LogP contribution in [0.2, 0.25) is 0 Å². The SMILES string of the molecule is CN(C[C@H]1CC[C@H](n2cc3cc(NC(=O)c4cccc(C(F)(F)F)n4)ccc3n2)CC1)C1CCN(c2cccc3c2n(C)c(=O)n3C2CCC(=O)NC2=O)CC1. The maximum atomic E-state index is 13.4. The first-order valence-electron chi connectivity index (χ1n) is 19.2. The number of anilines is 2. The van der Waals surface area contributed by atoms with E-state index in [1.54, 1.807) is 29.8 Å². The zero-order valence-corrected chi connectivity index (χ0v) is 31.3. The summed E-state index contributed by atoms with van der Waals surface area (Å²) in [6.07, 6.45) is 3.96. The van der Waals surface area contributed by atoms with E-state index in [1.807, 2.05) is 29.1 Å². The van der Waals surface area contributed by atoms with Crippen LogP contribution in [0.4, 0.5) is 24.5 Å². The van der Waals surface area contributed by atoms with Gasteiger partial charge < -0.3 is 15.1 Å². The van der Waals surface area contributed by atoms with Crippen LogP contribution in [0.1, 0.15) is 79.6 Å². The van der Waals surface area contributed by atoms with Gasteiger partial charge in [0.1, 0.15) is 17.4 Å². The fourth-order valence-corrected chi connectivity index (χ4v) is 8.82. The van der Waals surface area contributed by atoms with Crippen molar-refractivity contribution in [3.8, 4) is 0 Å². The Hall–Kier alpha value is -5.51. The Morgan fingerprint density at radius 1 is 0.964 bits per heavy atom. The Kier molecular flexibility index (Phi) is 9.93. The molecule has 1 aliphatic carbocycles. The van der Waals surface area contributed by atoms with Gasteiger partial charge in [-0.05, 0) is 100 Å². The van der Waals surface area contributed by atoms with Gasteiger partial charge in [-0.2, -0.15) is 18.3 Å². The maximum absolute atomic E-state index is 13.4. The predicted octanol–water partition coefficient (Wildman–Crippen LogP) is 5.67. The number of halogens is 3. The van der Waals surface area contributed by atoms with Crippen molar-refractivity contribution in [3.05, 3.63) is 82.7 Å². The molecule has 2 N–H and O–H groups in total. The highest BCUT2D eigenvalue weighted by molar-refractivity contribution is 6.04. The first-order valence-corrected chi connectivity index (χ1v) is 19.2. The minimum atomic E-state index is -4.64. The van der Waals surface area contributed by atoms with Crippen LogP contribution in [-0.4, -0.2) is 79.2 Å². The molecule has 294 valence electrons. The van der Waals surface area contributed by atoms with Gasteiger partial charge in [0.15, 0.2) is 0 Å². The smallest absolute Gasteiger partial charge is 0.370 e. The van der Waals surface area contributed by atoms with E-state index < -0.39 is 29.7 Å². The number of carbonyl (C=O) groups is 3. The van der Waals surface area contributed by atoms with Crippen LogP contribution in [-0.2, 0) is 22.8 Å². The molecule has 13 nitrogen and oxygen atoms in total. The second-order valence-corrected chi connectivity index (χ2v) is 15.4. The van der Waals surface area contributed by atoms with Crippen LogP contribution in [0.5, 0.6) is 0 Å². The molecule has 1 saturated carbocycles. The summed E-state index contributed by atoms with van der Waals surface area (Å²) >= 11 is 0. The normalized spacial score (nSPS) is 21.2. The average Bonchev–Trinajstić information content (AvgIpc) is 3.72. The van der Waals surface area contributed by atoms with Crippen molar-refractivity contribution < 1.29 is 27.6 Å². The largest absolute Gasteiger partial charge is 0.433 e. The highest BCUT2D eigenvalue weighted by Crippen LogP contribution is 2.36. The lowest BCUT2D eigenvalue weighted by atomic mass is 9.85. The number of alkyl halides is 3. The van der Waals surface area contributed by atoms with E-state index in [9.17, 15) is 32.3 Å². The summed E-state index contributed by atoms with van der Waals surface area (Å²) in [5.41, 5.74) is 2.01. The summed E-state index contributed by atoms with van der Waals surface area (Å²) in [6, 6.07) is 14.3. The van der Waals surface area contributed by atoms with Gasteiger partial charge in [-0.25, -0.2) is 9.78 Å². The Labute approximate surface area is 320 Å². The van der Waals surface area contributed by atoms with Gasteiger partial charge in [0.25, 0.3) is 5.91 Å². The third kappa shape index (κ3) is 7.29. The summed E-state index contributed by atoms with van der Waals surface area (Å²) in [5.74, 6) is -0.899. The number of benzene rings is 2. The van der Waals surface area contributed by atoms with Gasteiger partial charge in [-0.1, -0.05) is 12.1 Å². The topological polar surface area (TPSA) is 139 Å². The number of carbonyl (C=O) groups excluding carboxylic acids is 3. The van der Waals surface area contributed by atoms with Gasteiger partial charge >= 0.3 is 11.9 Å². The molecule has 1 atom stereocenters. The molecule has 5 heterocycles. The van der Waals surface area contributed by atoms with E-state index >= 15 is 0 Å². The van der Waals surface area contributed by atoms with Crippen LogP contribution in [0, 0.1) is 5.92 Å². The van der Waals surface area contributed by atoms with E-state index in [-0.39, 0.29) is 29.8 Å². The summed E-state index contributed by atoms with van der Waals surface area (Å²) in [7, 11) is 3.96. The Morgan fingerprint density at radius 3 is 2.45 bits per heavy atom. The maximum Gasteiger partial charge on any atom is 0.433 e. The van der Waals surface area contributed by atoms with Gasteiger partial charge in [-0.15, -0.1) is 0 Å². The van der Waals surface area contributed by atoms with Crippen molar-refractivity contribution >= 4 is 51.0 Å². The number of imide groups is 1. The number of fused-ring (bicyclic) bond motifs is 2. The molecule has 3 aromatic heterocycles. The van der Waals surface area contributed by atoms with Crippen molar-refractivity contribution in [3.63, 3.8) is 0 Å². The molecule has 8 rings (SSSR count). The molecule has 0 radical (unpaired) electrons. The number of hydrogen-bond acceptors (Lipinski definition) is 8. The Balaban J connectivity index is 0.846. The summed E-state index contributed by atoms with van der Waals surface area (Å²) in [6.45, 7) is 2.71. The lowest BCUT2D eigenvalue weighted by molar-refractivity contribution is -0.141. The quantitative estimate of drug-likeness (QED) is 0.193. The van der Waals surface area contributed by atoms with Crippen LogP contribution in [0.15, 0.2) is 65.6 Å². The number of hydrogen-bond donors (Lipinski definition) is 2. The van der Waals surface area contributed by atoms with Crippen molar-refractivity contribution in [1.82, 2.24) is 34.1 Å². The zero-order valence-electron chi connectivity index (χ0n) is 31.3. The molecule has 56 heavy (non-hydrogen) atoms. The average molecular weight is 772 g/mol. The number of nitrogens with one attached hydrogen (secondary N) is 2. The van der Waals surface area contributed by atoms with E-state index in [4.69, 9.17) is 5.10 Å². The molecule has 2 saturated heterocycles. The number of nitrogens with zero attached hydrogens (tertiary/aromatic N) is 7. The van der Waals surface area contributed by atoms with E-state index in [0.717, 1.165) is 92.4 Å². The lowest BCUT2D eigenvalue weighted by Gasteiger charge is -2.40. The van der Waals surface area contributed by atoms with Crippen LogP contribution in [0.3, 0.4) is 0 Å². The highest BCUT2D eigenvalue weighted by Gasteiger charge is 2.34. The molecular weight excluding hydrogens is 727 g/mol. The molecule has 16 heteroatoms. The van der Waals surface area contributed by atoms with Gasteiger partial charge in [-0.3, -0.25) is 33.5 Å². The number of amides is 3. The van der Waals surface area contributed by atoms with Crippen molar-refractivity contribution in [2.24, 2.45) is 13.0 Å². The molecule has 5 aromatic rings. The fourth-order valence-electron chi connectivity index (χ4n) is 8.82. The van der Waals surface area contributed by atoms with Crippen LogP contribution in [0.25, 0.3) is 21.9 Å². The van der Waals surface area contributed by atoms with Crippen molar-refractivity contribution in [2.45, 2.75) is 75.7 Å². The van der Waals surface area contributed by atoms with Gasteiger partial charge in [0.2, 0.25) is 11.8 Å². The molecule has 3 aliphatic rings. The summed E-state index contributed by atoms with van der Waals surface area (Å²) in [5, 5.41) is 10.7. The summed E-state index contributed by atoms with van der Waals surface area (Å²) in [4.78, 5) is 58.9. The standard InChI is InChI=1S/C40H44F3N9O4/c1-48(27-17-19-50(20-18-27)31-6-4-7-32-36(31)49(2)39(56)52(32)33-15-16-35(53)46-38(33)55)22-24-9-12-28(13-10-24)51-23-25-21-26(11-14-29(25)47-51)44-37(54)30-5-3-8-34(45-30)40(41,42)43/h3-8,11,14,21,23-24,27-28,33H,9-10,12-13,15-20,22H2,1-2H3,(H,44,54)(H,46,53,55)/t24-,28-,33?. The number of rotatable bonds is 8. The number of para-hydroxylation sites is 1. The first kappa shape index (κ1) is 37.4.